The van der Waals surface area contributed by atoms with E-state index >= 15 is 0 Å². The zero-order valence-corrected chi connectivity index (χ0v) is 12.1. The van der Waals surface area contributed by atoms with E-state index in [2.05, 4.69) is 40.5 Å². The number of hydrogen-bond donors (Lipinski definition) is 1. The van der Waals surface area contributed by atoms with Crippen LogP contribution in [-0.4, -0.2) is 36.5 Å². The van der Waals surface area contributed by atoms with Crippen LogP contribution in [0.5, 0.6) is 0 Å². The number of nitrogens with one attached hydrogen (secondary N) is 1. The molecule has 2 atom stereocenters. The van der Waals surface area contributed by atoms with Crippen LogP contribution in [0.25, 0.3) is 0 Å². The molecule has 3 heteroatoms. The van der Waals surface area contributed by atoms with Gasteiger partial charge in [-0.3, -0.25) is 4.79 Å². The summed E-state index contributed by atoms with van der Waals surface area (Å²) >= 11 is 0. The summed E-state index contributed by atoms with van der Waals surface area (Å²) in [6, 6.07) is 10.9. The van der Waals surface area contributed by atoms with Crippen molar-refractivity contribution in [1.29, 1.82) is 0 Å². The normalized spacial score (nSPS) is 26.7. The number of carbonyl (C=O) groups is 1. The first-order valence-corrected chi connectivity index (χ1v) is 7.91. The lowest BCUT2D eigenvalue weighted by atomic mass is 9.90. The molecule has 3 rings (SSSR count). The monoisotopic (exact) mass is 272 g/mol. The molecule has 0 saturated carbocycles. The molecule has 108 valence electrons. The van der Waals surface area contributed by atoms with E-state index in [-0.39, 0.29) is 0 Å². The number of benzene rings is 1. The van der Waals surface area contributed by atoms with Crippen molar-refractivity contribution in [3.8, 4) is 0 Å². The van der Waals surface area contributed by atoms with Crippen LogP contribution >= 0.6 is 0 Å². The molecule has 0 bridgehead atoms. The van der Waals surface area contributed by atoms with Crippen molar-refractivity contribution in [3.63, 3.8) is 0 Å². The summed E-state index contributed by atoms with van der Waals surface area (Å²) < 4.78 is 0. The fourth-order valence-electron chi connectivity index (χ4n) is 3.54. The lowest BCUT2D eigenvalue weighted by Crippen LogP contribution is -2.40. The summed E-state index contributed by atoms with van der Waals surface area (Å²) in [4.78, 5) is 14.5. The Morgan fingerprint density at radius 2 is 1.90 bits per heavy atom. The zero-order chi connectivity index (χ0) is 13.8. The van der Waals surface area contributed by atoms with Crippen LogP contribution in [0.15, 0.2) is 30.3 Å². The summed E-state index contributed by atoms with van der Waals surface area (Å²) in [5, 5.41) is 3.53. The summed E-state index contributed by atoms with van der Waals surface area (Å²) in [5.74, 6) is 0.829. The van der Waals surface area contributed by atoms with E-state index in [9.17, 15) is 4.79 Å². The van der Waals surface area contributed by atoms with Crippen LogP contribution in [0.2, 0.25) is 0 Å². The average Bonchev–Trinajstić information content (AvgIpc) is 2.97. The molecule has 3 nitrogen and oxygen atoms in total. The van der Waals surface area contributed by atoms with Gasteiger partial charge in [0.2, 0.25) is 5.91 Å². The van der Waals surface area contributed by atoms with Crippen LogP contribution < -0.4 is 5.32 Å². The number of rotatable bonds is 3. The van der Waals surface area contributed by atoms with Gasteiger partial charge in [0.05, 0.1) is 0 Å². The maximum atomic E-state index is 12.4. The highest BCUT2D eigenvalue weighted by atomic mass is 16.2. The molecule has 0 unspecified atom stereocenters. The van der Waals surface area contributed by atoms with Crippen LogP contribution in [0.3, 0.4) is 0 Å². The summed E-state index contributed by atoms with van der Waals surface area (Å²) in [6.45, 7) is 2.95. The van der Waals surface area contributed by atoms with Crippen molar-refractivity contribution < 1.29 is 4.79 Å². The van der Waals surface area contributed by atoms with Gasteiger partial charge in [-0.2, -0.15) is 0 Å². The van der Waals surface area contributed by atoms with Gasteiger partial charge in [-0.25, -0.2) is 0 Å². The molecule has 0 aliphatic carbocycles. The molecule has 0 aromatic heterocycles. The van der Waals surface area contributed by atoms with Crippen LogP contribution in [0, 0.1) is 0 Å². The third-order valence-electron chi connectivity index (χ3n) is 4.68. The molecule has 1 aromatic carbocycles. The van der Waals surface area contributed by atoms with E-state index in [0.29, 0.717) is 24.3 Å². The predicted molar refractivity (Wildman–Crippen MR) is 80.6 cm³/mol. The molecule has 2 fully saturated rings. The van der Waals surface area contributed by atoms with Gasteiger partial charge in [-0.1, -0.05) is 30.3 Å². The second kappa shape index (κ2) is 6.40. The van der Waals surface area contributed by atoms with Crippen molar-refractivity contribution in [2.75, 3.05) is 19.6 Å². The first-order chi connectivity index (χ1) is 9.84. The number of amides is 1. The number of nitrogens with zero attached hydrogens (tertiary/aromatic N) is 1. The Bertz CT molecular complexity index is 440. The molecule has 1 N–H and O–H groups in total. The molecule has 1 amide bonds. The molecule has 2 heterocycles. The second-order valence-corrected chi connectivity index (χ2v) is 6.01. The maximum Gasteiger partial charge on any atom is 0.224 e. The first kappa shape index (κ1) is 13.6. The predicted octanol–water partition coefficient (Wildman–Crippen LogP) is 2.53. The van der Waals surface area contributed by atoms with E-state index in [0.717, 1.165) is 26.1 Å². The Morgan fingerprint density at radius 3 is 2.65 bits per heavy atom. The first-order valence-electron chi connectivity index (χ1n) is 7.91. The molecule has 2 aliphatic heterocycles. The Balaban J connectivity index is 1.62. The molecule has 1 aromatic rings. The number of carbonyl (C=O) groups excluding carboxylic acids is 1. The van der Waals surface area contributed by atoms with Crippen LogP contribution in [0.4, 0.5) is 0 Å². The Labute approximate surface area is 121 Å². The van der Waals surface area contributed by atoms with E-state index in [4.69, 9.17) is 0 Å². The van der Waals surface area contributed by atoms with Gasteiger partial charge >= 0.3 is 0 Å². The third-order valence-corrected chi connectivity index (χ3v) is 4.68. The summed E-state index contributed by atoms with van der Waals surface area (Å²) in [7, 11) is 0. The summed E-state index contributed by atoms with van der Waals surface area (Å²) in [6.07, 6.45) is 5.41. The maximum absolute atomic E-state index is 12.4. The highest BCUT2D eigenvalue weighted by Crippen LogP contribution is 2.29. The van der Waals surface area contributed by atoms with Gasteiger partial charge in [-0.15, -0.1) is 0 Å². The van der Waals surface area contributed by atoms with Gasteiger partial charge in [-0.05, 0) is 37.8 Å². The van der Waals surface area contributed by atoms with Crippen LogP contribution in [-0.2, 0) is 4.79 Å². The molecule has 2 saturated heterocycles. The van der Waals surface area contributed by atoms with Gasteiger partial charge in [0.25, 0.3) is 0 Å². The molecular formula is C17H24N2O. The molecule has 20 heavy (non-hydrogen) atoms. The minimum Gasteiger partial charge on any atom is -0.343 e. The minimum atomic E-state index is 0.312. The Morgan fingerprint density at radius 1 is 1.15 bits per heavy atom. The van der Waals surface area contributed by atoms with Gasteiger partial charge in [0.1, 0.15) is 0 Å². The topological polar surface area (TPSA) is 32.3 Å². The number of likely N-dealkylation sites (tertiary alicyclic amines) is 1. The molecule has 0 radical (unpaired) electrons. The van der Waals surface area contributed by atoms with E-state index in [1.54, 1.807) is 0 Å². The zero-order valence-electron chi connectivity index (χ0n) is 12.1. The highest BCUT2D eigenvalue weighted by Gasteiger charge is 2.31. The van der Waals surface area contributed by atoms with Crippen LogP contribution in [0.1, 0.15) is 43.6 Å². The van der Waals surface area contributed by atoms with E-state index in [1.807, 2.05) is 0 Å². The van der Waals surface area contributed by atoms with Crippen molar-refractivity contribution in [2.24, 2.45) is 0 Å². The van der Waals surface area contributed by atoms with Crippen molar-refractivity contribution in [2.45, 2.75) is 44.1 Å². The Kier molecular flexibility index (Phi) is 4.36. The average molecular weight is 272 g/mol. The summed E-state index contributed by atoms with van der Waals surface area (Å²) in [5.41, 5.74) is 1.37. The fourth-order valence-corrected chi connectivity index (χ4v) is 3.54. The van der Waals surface area contributed by atoms with Gasteiger partial charge < -0.3 is 10.2 Å². The highest BCUT2D eigenvalue weighted by molar-refractivity contribution is 5.77. The fraction of sp³-hybridized carbons (Fsp3) is 0.588. The number of piperidine rings is 1. The molecular weight excluding hydrogens is 248 g/mol. The van der Waals surface area contributed by atoms with E-state index in [1.165, 1.54) is 24.8 Å². The smallest absolute Gasteiger partial charge is 0.224 e. The lowest BCUT2D eigenvalue weighted by Gasteiger charge is -2.29. The van der Waals surface area contributed by atoms with E-state index < -0.39 is 0 Å². The quantitative estimate of drug-likeness (QED) is 0.917. The number of hydrogen-bond acceptors (Lipinski definition) is 2. The molecule has 0 spiro atoms. The SMILES string of the molecule is O=C(C[C@@H]1NCC[C@@H]1c1ccccc1)N1CCCCC1. The largest absolute Gasteiger partial charge is 0.343 e. The molecule has 2 aliphatic rings. The van der Waals surface area contributed by atoms with Crippen molar-refractivity contribution in [3.05, 3.63) is 35.9 Å². The lowest BCUT2D eigenvalue weighted by molar-refractivity contribution is -0.132. The second-order valence-electron chi connectivity index (χ2n) is 6.01. The van der Waals surface area contributed by atoms with Gasteiger partial charge in [0.15, 0.2) is 0 Å². The van der Waals surface area contributed by atoms with Gasteiger partial charge in [0, 0.05) is 31.5 Å². The van der Waals surface area contributed by atoms with Crippen molar-refractivity contribution in [1.82, 2.24) is 10.2 Å². The standard InChI is InChI=1S/C17H24N2O/c20-17(19-11-5-2-6-12-19)13-16-15(9-10-18-16)14-7-3-1-4-8-14/h1,3-4,7-8,15-16,18H,2,5-6,9-13H2/t15-,16+/m1/s1. The Hall–Kier alpha value is -1.35. The van der Waals surface area contributed by atoms with Crippen molar-refractivity contribution >= 4 is 5.91 Å². The minimum absolute atomic E-state index is 0.312. The third kappa shape index (κ3) is 3.04.